The maximum atomic E-state index is 9.69. The van der Waals surface area contributed by atoms with E-state index in [1.807, 2.05) is 4.90 Å². The van der Waals surface area contributed by atoms with Crippen LogP contribution in [-0.4, -0.2) is 74.0 Å². The Labute approximate surface area is 86.3 Å². The zero-order chi connectivity index (χ0) is 10.3. The highest BCUT2D eigenvalue weighted by Gasteiger charge is 2.52. The van der Waals surface area contributed by atoms with Crippen LogP contribution in [0.25, 0.3) is 0 Å². The third-order valence-electron chi connectivity index (χ3n) is 2.92. The van der Waals surface area contributed by atoms with Crippen molar-refractivity contribution in [3.8, 4) is 0 Å². The van der Waals surface area contributed by atoms with Crippen molar-refractivity contribution in [1.29, 1.82) is 0 Å². The van der Waals surface area contributed by atoms with Crippen LogP contribution in [0.1, 0.15) is 0 Å². The van der Waals surface area contributed by atoms with Crippen LogP contribution in [0.4, 0.5) is 0 Å². The lowest BCUT2D eigenvalue weighted by Crippen LogP contribution is -2.47. The SMILES string of the molecule is OC[C@H](O)[C@H]1[C@H](O)[C@@H](O)[C@@H]2SCCN12. The van der Waals surface area contributed by atoms with E-state index in [1.54, 1.807) is 11.8 Å². The number of thioether (sulfide) groups is 1. The fourth-order valence-corrected chi connectivity index (χ4v) is 3.59. The summed E-state index contributed by atoms with van der Waals surface area (Å²) in [5.74, 6) is 0.892. The zero-order valence-corrected chi connectivity index (χ0v) is 8.47. The van der Waals surface area contributed by atoms with E-state index in [2.05, 4.69) is 0 Å². The van der Waals surface area contributed by atoms with Gasteiger partial charge in [-0.3, -0.25) is 4.90 Å². The zero-order valence-electron chi connectivity index (χ0n) is 7.65. The standard InChI is InChI=1S/C8H15NO4S/c10-3-4(11)5-6(12)7(13)8-9(5)1-2-14-8/h4-8,10-13H,1-3H2/t4-,5-,6-,7+,8-/m0/s1. The second-order valence-electron chi connectivity index (χ2n) is 3.72. The van der Waals surface area contributed by atoms with Gasteiger partial charge in [0.25, 0.3) is 0 Å². The van der Waals surface area contributed by atoms with E-state index in [4.69, 9.17) is 5.11 Å². The van der Waals surface area contributed by atoms with Crippen molar-refractivity contribution in [1.82, 2.24) is 4.90 Å². The summed E-state index contributed by atoms with van der Waals surface area (Å²) in [5.41, 5.74) is 0. The van der Waals surface area contributed by atoms with Crippen LogP contribution in [0, 0.1) is 0 Å². The molecule has 0 aliphatic carbocycles. The second kappa shape index (κ2) is 3.96. The molecule has 6 heteroatoms. The maximum Gasteiger partial charge on any atom is 0.106 e. The van der Waals surface area contributed by atoms with Crippen LogP contribution in [-0.2, 0) is 0 Å². The van der Waals surface area contributed by atoms with Crippen LogP contribution < -0.4 is 0 Å². The number of aliphatic hydroxyl groups excluding tert-OH is 4. The first-order valence-electron chi connectivity index (χ1n) is 4.69. The highest BCUT2D eigenvalue weighted by Crippen LogP contribution is 2.38. The van der Waals surface area contributed by atoms with Gasteiger partial charge in [0.2, 0.25) is 0 Å². The van der Waals surface area contributed by atoms with E-state index in [9.17, 15) is 15.3 Å². The van der Waals surface area contributed by atoms with E-state index in [0.717, 1.165) is 12.3 Å². The predicted octanol–water partition coefficient (Wildman–Crippen LogP) is -2.18. The van der Waals surface area contributed by atoms with Gasteiger partial charge in [0.05, 0.1) is 24.1 Å². The first-order chi connectivity index (χ1) is 6.66. The molecule has 14 heavy (non-hydrogen) atoms. The van der Waals surface area contributed by atoms with Crippen LogP contribution in [0.2, 0.25) is 0 Å². The molecule has 5 atom stereocenters. The smallest absolute Gasteiger partial charge is 0.106 e. The molecule has 2 aliphatic rings. The van der Waals surface area contributed by atoms with Crippen molar-refractivity contribution >= 4 is 11.8 Å². The largest absolute Gasteiger partial charge is 0.394 e. The molecule has 2 rings (SSSR count). The molecule has 5 nitrogen and oxygen atoms in total. The summed E-state index contributed by atoms with van der Waals surface area (Å²) in [6.07, 6.45) is -2.77. The molecule has 0 aromatic heterocycles. The van der Waals surface area contributed by atoms with Crippen molar-refractivity contribution in [3.63, 3.8) is 0 Å². The molecule has 2 fully saturated rings. The molecule has 4 N–H and O–H groups in total. The highest BCUT2D eigenvalue weighted by molar-refractivity contribution is 8.00. The minimum absolute atomic E-state index is 0.129. The van der Waals surface area contributed by atoms with E-state index in [1.165, 1.54) is 0 Å². The van der Waals surface area contributed by atoms with Gasteiger partial charge in [0, 0.05) is 12.3 Å². The van der Waals surface area contributed by atoms with Gasteiger partial charge < -0.3 is 20.4 Å². The normalized spacial score (nSPS) is 45.4. The molecule has 2 aliphatic heterocycles. The van der Waals surface area contributed by atoms with Crippen molar-refractivity contribution < 1.29 is 20.4 Å². The Bertz CT molecular complexity index is 218. The molecule has 0 unspecified atom stereocenters. The lowest BCUT2D eigenvalue weighted by Gasteiger charge is -2.27. The highest BCUT2D eigenvalue weighted by atomic mass is 32.2. The van der Waals surface area contributed by atoms with Crippen LogP contribution in [0.5, 0.6) is 0 Å². The molecular formula is C8H15NO4S. The molecule has 0 radical (unpaired) electrons. The van der Waals surface area contributed by atoms with E-state index in [-0.39, 0.29) is 12.0 Å². The van der Waals surface area contributed by atoms with Gasteiger partial charge in [0.1, 0.15) is 12.2 Å². The quantitative estimate of drug-likeness (QED) is 0.424. The Hall–Kier alpha value is 0.150. The molecule has 0 bridgehead atoms. The van der Waals surface area contributed by atoms with E-state index < -0.39 is 24.4 Å². The third-order valence-corrected chi connectivity index (χ3v) is 4.23. The molecule has 82 valence electrons. The van der Waals surface area contributed by atoms with Gasteiger partial charge >= 0.3 is 0 Å². The van der Waals surface area contributed by atoms with Crippen LogP contribution in [0.3, 0.4) is 0 Å². The molecule has 0 spiro atoms. The summed E-state index contributed by atoms with van der Waals surface area (Å²) < 4.78 is 0. The summed E-state index contributed by atoms with van der Waals surface area (Å²) in [5, 5.41) is 37.6. The van der Waals surface area contributed by atoms with Gasteiger partial charge in [0.15, 0.2) is 0 Å². The molecule has 2 heterocycles. The minimum atomic E-state index is -0.983. The van der Waals surface area contributed by atoms with E-state index in [0.29, 0.717) is 0 Å². The predicted molar refractivity (Wildman–Crippen MR) is 51.8 cm³/mol. The fraction of sp³-hybridized carbons (Fsp3) is 1.00. The number of rotatable bonds is 2. The number of fused-ring (bicyclic) bond motifs is 1. The Balaban J connectivity index is 2.15. The lowest BCUT2D eigenvalue weighted by molar-refractivity contribution is -0.0291. The first kappa shape index (κ1) is 10.7. The Morgan fingerprint density at radius 1 is 1.36 bits per heavy atom. The summed E-state index contributed by atoms with van der Waals surface area (Å²) in [4.78, 5) is 1.88. The average Bonchev–Trinajstić information content (AvgIpc) is 2.72. The van der Waals surface area contributed by atoms with Crippen LogP contribution >= 0.6 is 11.8 Å². The minimum Gasteiger partial charge on any atom is -0.394 e. The van der Waals surface area contributed by atoms with Gasteiger partial charge in [-0.15, -0.1) is 11.8 Å². The second-order valence-corrected chi connectivity index (χ2v) is 4.95. The van der Waals surface area contributed by atoms with Gasteiger partial charge in [-0.25, -0.2) is 0 Å². The first-order valence-corrected chi connectivity index (χ1v) is 5.74. The molecule has 2 saturated heterocycles. The number of aliphatic hydroxyl groups is 4. The van der Waals surface area contributed by atoms with Gasteiger partial charge in [-0.2, -0.15) is 0 Å². The number of hydrogen-bond acceptors (Lipinski definition) is 6. The Kier molecular flexibility index (Phi) is 3.01. The monoisotopic (exact) mass is 221 g/mol. The number of nitrogens with zero attached hydrogens (tertiary/aromatic N) is 1. The van der Waals surface area contributed by atoms with E-state index >= 15 is 0 Å². The Morgan fingerprint density at radius 2 is 2.07 bits per heavy atom. The average molecular weight is 221 g/mol. The summed E-state index contributed by atoms with van der Waals surface area (Å²) in [7, 11) is 0. The van der Waals surface area contributed by atoms with Crippen LogP contribution in [0.15, 0.2) is 0 Å². The van der Waals surface area contributed by atoms with Gasteiger partial charge in [-0.1, -0.05) is 0 Å². The molecular weight excluding hydrogens is 206 g/mol. The lowest BCUT2D eigenvalue weighted by atomic mass is 10.1. The third kappa shape index (κ3) is 1.46. The van der Waals surface area contributed by atoms with Gasteiger partial charge in [-0.05, 0) is 0 Å². The Morgan fingerprint density at radius 3 is 2.71 bits per heavy atom. The molecule has 0 amide bonds. The fourth-order valence-electron chi connectivity index (χ4n) is 2.24. The summed E-state index contributed by atoms with van der Waals surface area (Å²) >= 11 is 1.58. The summed E-state index contributed by atoms with van der Waals surface area (Å²) in [6, 6.07) is -0.532. The van der Waals surface area contributed by atoms with Crippen molar-refractivity contribution in [2.24, 2.45) is 0 Å². The number of hydrogen-bond donors (Lipinski definition) is 4. The maximum absolute atomic E-state index is 9.69. The van der Waals surface area contributed by atoms with Crippen molar-refractivity contribution in [2.45, 2.75) is 29.7 Å². The molecule has 0 aromatic rings. The van der Waals surface area contributed by atoms with Crippen molar-refractivity contribution in [3.05, 3.63) is 0 Å². The molecule has 0 aromatic carbocycles. The summed E-state index contributed by atoms with van der Waals surface area (Å²) in [6.45, 7) is 0.355. The topological polar surface area (TPSA) is 84.2 Å². The molecule has 0 saturated carbocycles. The van der Waals surface area contributed by atoms with Crippen molar-refractivity contribution in [2.75, 3.05) is 18.9 Å².